The average molecular weight is 428 g/mol. The highest BCUT2D eigenvalue weighted by atomic mass is 128. The summed E-state index contributed by atoms with van der Waals surface area (Å²) in [5.41, 5.74) is 0. The highest BCUT2D eigenvalue weighted by molar-refractivity contribution is 14.9. The Labute approximate surface area is 61.6 Å². The zero-order valence-electron chi connectivity index (χ0n) is 2.22. The predicted octanol–water partition coefficient (Wildman–Crippen LogP) is 3.51. The minimum Gasteiger partial charge on any atom is -0.0812 e. The molecule has 0 unspecified atom stereocenters. The molecule has 0 aromatic heterocycles. The van der Waals surface area contributed by atoms with Crippen LogP contribution in [0.15, 0.2) is 0 Å². The Morgan fingerprint density at radius 1 is 1.60 bits per heavy atom. The third-order valence-electron chi connectivity index (χ3n) is 0.0764. The van der Waals surface area contributed by atoms with Crippen molar-refractivity contribution < 1.29 is 0 Å². The number of halogens is 4. The van der Waals surface area contributed by atoms with Gasteiger partial charge in [-0.05, 0) is 27.1 Å². The van der Waals surface area contributed by atoms with Gasteiger partial charge in [0.05, 0.1) is 3.34 Å². The van der Waals surface area contributed by atoms with E-state index in [4.69, 9.17) is 0 Å². The molecule has 0 amide bonds. The molecule has 0 bridgehead atoms. The van der Waals surface area contributed by atoms with E-state index < -0.39 is 0 Å². The van der Waals surface area contributed by atoms with Crippen LogP contribution in [-0.4, -0.2) is 3.34 Å². The molecule has 0 spiro atoms. The van der Waals surface area contributed by atoms with Crippen molar-refractivity contribution in [2.45, 2.75) is 0 Å². The molecule has 0 fully saturated rings. The van der Waals surface area contributed by atoms with Gasteiger partial charge in [0.15, 0.2) is 0 Å². The summed E-state index contributed by atoms with van der Waals surface area (Å²) in [4.78, 5) is 0. The van der Waals surface area contributed by atoms with Crippen LogP contribution in [0, 0.1) is 0 Å². The lowest BCUT2D eigenvalue weighted by molar-refractivity contribution is 2.51. The fourth-order valence-electron chi connectivity index (χ4n) is 0.0144. The smallest absolute Gasteiger partial charge is 0.0559 e. The van der Waals surface area contributed by atoms with E-state index in [2.05, 4.69) is 28.6 Å². The maximum atomic E-state index is 3.44. The molecule has 34 valence electrons. The molecule has 0 radical (unpaired) electrons. The van der Waals surface area contributed by atoms with Crippen molar-refractivity contribution in [3.8, 4) is 0 Å². The number of alkyl halides is 2. The topological polar surface area (TPSA) is 0 Å². The normalized spacial score (nSPS) is 13.2. The first-order chi connectivity index (χ1) is 2.41. The average Bonchev–Trinajstić information content (AvgIpc) is 1.41. The molecule has 4 heteroatoms. The van der Waals surface area contributed by atoms with Crippen LogP contribution >= 0.6 is 59.6 Å². The van der Waals surface area contributed by atoms with E-state index in [0.717, 1.165) is 0 Å². The lowest BCUT2D eigenvalue weighted by Crippen LogP contribution is -1.23. The monoisotopic (exact) mass is 426 g/mol. The summed E-state index contributed by atoms with van der Waals surface area (Å²) in [6, 6.07) is 0. The van der Waals surface area contributed by atoms with E-state index in [-0.39, 0.29) is 0 Å². The first-order valence-corrected chi connectivity index (χ1v) is 14.6. The van der Waals surface area contributed by atoms with E-state index >= 15 is 0 Å². The molecule has 0 aliphatic rings. The van der Waals surface area contributed by atoms with Crippen molar-refractivity contribution >= 4 is 59.6 Å². The summed E-state index contributed by atoms with van der Waals surface area (Å²) in [5.74, 6) is 0. The van der Waals surface area contributed by atoms with Crippen LogP contribution in [0.4, 0.5) is 0 Å². The van der Waals surface area contributed by atoms with E-state index in [1.165, 1.54) is 3.34 Å². The molecule has 0 heterocycles. The Balaban J connectivity index is 2.62. The van der Waals surface area contributed by atoms with Gasteiger partial charge in [0.2, 0.25) is 0 Å². The van der Waals surface area contributed by atoms with Crippen molar-refractivity contribution in [2.24, 2.45) is 0 Å². The second kappa shape index (κ2) is 6.42. The summed E-state index contributed by atoms with van der Waals surface area (Å²) < 4.78 is 1.27. The van der Waals surface area contributed by atoms with Crippen molar-refractivity contribution in [1.82, 2.24) is 0 Å². The lowest BCUT2D eigenvalue weighted by Gasteiger charge is -1.59. The SMILES string of the molecule is BrC/I=I/Br. The van der Waals surface area contributed by atoms with Crippen molar-refractivity contribution in [1.29, 1.82) is 0 Å². The fraction of sp³-hybridized carbons (Fsp3) is 1.00. The van der Waals surface area contributed by atoms with Crippen LogP contribution in [-0.2, 0) is 0 Å². The quantitative estimate of drug-likeness (QED) is 0.444. The molecule has 0 atom stereocenters. The largest absolute Gasteiger partial charge is 0.0812 e. The number of rotatable bonds is 1. The number of hydrogen-bond donors (Lipinski definition) is 0. The van der Waals surface area contributed by atoms with Crippen molar-refractivity contribution in [3.05, 3.63) is 0 Å². The summed E-state index contributed by atoms with van der Waals surface area (Å²) in [7, 11) is 0. The molecule has 0 aliphatic carbocycles. The van der Waals surface area contributed by atoms with Crippen molar-refractivity contribution in [3.63, 3.8) is 0 Å². The van der Waals surface area contributed by atoms with Gasteiger partial charge in [-0.2, -0.15) is 0 Å². The second-order valence-corrected chi connectivity index (χ2v) is 20.7. The van der Waals surface area contributed by atoms with E-state index in [0.29, 0.717) is 31.0 Å². The fourth-order valence-corrected chi connectivity index (χ4v) is 17.5. The molecule has 0 N–H and O–H groups in total. The number of hydrogen-bond acceptors (Lipinski definition) is 0. The van der Waals surface area contributed by atoms with E-state index in [1.54, 1.807) is 0 Å². The van der Waals surface area contributed by atoms with Crippen LogP contribution in [0.25, 0.3) is 0 Å². The highest BCUT2D eigenvalue weighted by Crippen LogP contribution is 2.24. The van der Waals surface area contributed by atoms with Gasteiger partial charge in [-0.25, -0.2) is 0 Å². The molecule has 0 aromatic rings. The van der Waals surface area contributed by atoms with Crippen LogP contribution in [0.5, 0.6) is 0 Å². The lowest BCUT2D eigenvalue weighted by atomic mass is 12.0. The van der Waals surface area contributed by atoms with Crippen LogP contribution in [0.3, 0.4) is 0 Å². The van der Waals surface area contributed by atoms with Gasteiger partial charge < -0.3 is 0 Å². The molecule has 0 saturated carbocycles. The van der Waals surface area contributed by atoms with Crippen LogP contribution < -0.4 is 0 Å². The van der Waals surface area contributed by atoms with Gasteiger partial charge >= 0.3 is 0 Å². The third kappa shape index (κ3) is 6.42. The molecule has 0 aliphatic heterocycles. The molecular weight excluding hydrogens is 426 g/mol. The maximum Gasteiger partial charge on any atom is 0.0559 e. The van der Waals surface area contributed by atoms with Crippen molar-refractivity contribution in [2.75, 3.05) is 3.34 Å². The zero-order chi connectivity index (χ0) is 4.12. The van der Waals surface area contributed by atoms with E-state index in [1.807, 2.05) is 0 Å². The van der Waals surface area contributed by atoms with Gasteiger partial charge in [-0.3, -0.25) is 0 Å². The van der Waals surface area contributed by atoms with E-state index in [9.17, 15) is 0 Å². The summed E-state index contributed by atoms with van der Waals surface area (Å²) >= 11 is 7.85. The molecule has 0 rings (SSSR count). The second-order valence-electron chi connectivity index (χ2n) is 0.256. The summed E-state index contributed by atoms with van der Waals surface area (Å²) in [6.45, 7) is 0. The molecular formula is CH2Br2I2. The first-order valence-electron chi connectivity index (χ1n) is 0.820. The Kier molecular flexibility index (Phi) is 9.53. The summed E-state index contributed by atoms with van der Waals surface area (Å²) in [6.07, 6.45) is 0. The Morgan fingerprint density at radius 3 is 2.20 bits per heavy atom. The van der Waals surface area contributed by atoms with Gasteiger partial charge in [0, 0.05) is 0 Å². The first kappa shape index (κ1) is 7.42. The Morgan fingerprint density at radius 2 is 2.20 bits per heavy atom. The maximum absolute atomic E-state index is 3.44. The Bertz CT molecular complexity index is 34.6. The van der Waals surface area contributed by atoms with Gasteiger partial charge in [-0.1, -0.05) is 32.5 Å². The van der Waals surface area contributed by atoms with Gasteiger partial charge in [0.25, 0.3) is 0 Å². The molecule has 0 aromatic carbocycles. The van der Waals surface area contributed by atoms with Crippen LogP contribution in [0.1, 0.15) is 0 Å². The van der Waals surface area contributed by atoms with Gasteiger partial charge in [-0.15, -0.1) is 0 Å². The minimum absolute atomic E-state index is 0.483. The van der Waals surface area contributed by atoms with Crippen LogP contribution in [0.2, 0.25) is 0 Å². The standard InChI is InChI=1S/CH2Br2I2/c2-1-4-5-3/h1H2. The zero-order valence-corrected chi connectivity index (χ0v) is 9.71. The molecule has 0 saturated heterocycles. The molecule has 0 nitrogen and oxygen atoms in total. The minimum atomic E-state index is 0.483. The molecule has 5 heavy (non-hydrogen) atoms. The third-order valence-corrected chi connectivity index (χ3v) is 17.9. The highest BCUT2D eigenvalue weighted by Gasteiger charge is 1.57. The van der Waals surface area contributed by atoms with Gasteiger partial charge in [0.1, 0.15) is 0 Å². The summed E-state index contributed by atoms with van der Waals surface area (Å²) in [5, 5.41) is 0. The predicted molar refractivity (Wildman–Crippen MR) is 50.8 cm³/mol. The Hall–Kier alpha value is 2.42.